The van der Waals surface area contributed by atoms with Gasteiger partial charge in [0.2, 0.25) is 0 Å². The first kappa shape index (κ1) is 16.1. The van der Waals surface area contributed by atoms with Crippen molar-refractivity contribution < 1.29 is 23.5 Å². The number of benzene rings is 2. The third-order valence-corrected chi connectivity index (χ3v) is 3.90. The predicted molar refractivity (Wildman–Crippen MR) is 82.0 cm³/mol. The van der Waals surface area contributed by atoms with Crippen LogP contribution < -0.4 is 10.6 Å². The number of aliphatic hydroxyl groups excluding tert-OH is 1. The summed E-state index contributed by atoms with van der Waals surface area (Å²) in [6.07, 6.45) is -0.519. The third kappa shape index (κ3) is 2.98. The van der Waals surface area contributed by atoms with Crippen molar-refractivity contribution in [2.75, 3.05) is 5.32 Å². The maximum Gasteiger partial charge on any atom is 0.313 e. The number of carbonyl (C=O) groups excluding carboxylic acids is 2. The molecule has 2 amide bonds. The molecule has 1 aliphatic rings. The molecule has 5 nitrogen and oxygen atoms in total. The van der Waals surface area contributed by atoms with E-state index >= 15 is 0 Å². The highest BCUT2D eigenvalue weighted by Gasteiger charge is 2.33. The third-order valence-electron chi connectivity index (χ3n) is 3.90. The van der Waals surface area contributed by atoms with Crippen LogP contribution in [0.15, 0.2) is 42.5 Å². The van der Waals surface area contributed by atoms with Crippen LogP contribution in [0.2, 0.25) is 0 Å². The Bertz CT molecular complexity index is 790. The largest absolute Gasteiger partial charge is 0.390 e. The Hall–Kier alpha value is -2.80. The lowest BCUT2D eigenvalue weighted by Gasteiger charge is -2.17. The van der Waals surface area contributed by atoms with Gasteiger partial charge in [-0.25, -0.2) is 8.78 Å². The Kier molecular flexibility index (Phi) is 4.26. The highest BCUT2D eigenvalue weighted by molar-refractivity contribution is 6.39. The van der Waals surface area contributed by atoms with E-state index in [-0.39, 0.29) is 0 Å². The first-order chi connectivity index (χ1) is 11.5. The summed E-state index contributed by atoms with van der Waals surface area (Å²) in [4.78, 5) is 23.9. The normalized spacial score (nSPS) is 18.8. The molecule has 2 aromatic rings. The minimum atomic E-state index is -1.21. The van der Waals surface area contributed by atoms with E-state index in [1.54, 1.807) is 12.1 Å². The van der Waals surface area contributed by atoms with Gasteiger partial charge in [0.25, 0.3) is 0 Å². The molecule has 0 aliphatic heterocycles. The van der Waals surface area contributed by atoms with E-state index in [4.69, 9.17) is 0 Å². The number of carbonyl (C=O) groups is 2. The van der Waals surface area contributed by atoms with Gasteiger partial charge < -0.3 is 15.7 Å². The van der Waals surface area contributed by atoms with Crippen molar-refractivity contribution in [3.63, 3.8) is 0 Å². The molecule has 1 aliphatic carbocycles. The zero-order chi connectivity index (χ0) is 17.3. The lowest BCUT2D eigenvalue weighted by molar-refractivity contribution is -0.137. The first-order valence-corrected chi connectivity index (χ1v) is 7.29. The molecule has 7 heteroatoms. The molecule has 2 aromatic carbocycles. The van der Waals surface area contributed by atoms with Gasteiger partial charge in [-0.3, -0.25) is 9.59 Å². The Morgan fingerprint density at radius 1 is 1.00 bits per heavy atom. The SMILES string of the molecule is O=C(Nc1c(F)cccc1F)C(=O)NC1c2ccccc2CC1O. The van der Waals surface area contributed by atoms with E-state index in [2.05, 4.69) is 5.32 Å². The fraction of sp³-hybridized carbons (Fsp3) is 0.176. The van der Waals surface area contributed by atoms with E-state index < -0.39 is 41.3 Å². The van der Waals surface area contributed by atoms with Crippen molar-refractivity contribution in [1.29, 1.82) is 0 Å². The van der Waals surface area contributed by atoms with E-state index in [0.717, 1.165) is 23.8 Å². The molecular weight excluding hydrogens is 318 g/mol. The summed E-state index contributed by atoms with van der Waals surface area (Å²) in [5.41, 5.74) is 0.893. The maximum absolute atomic E-state index is 13.5. The van der Waals surface area contributed by atoms with Gasteiger partial charge in [-0.2, -0.15) is 0 Å². The number of anilines is 1. The van der Waals surface area contributed by atoms with E-state index in [9.17, 15) is 23.5 Å². The molecule has 0 saturated carbocycles. The molecule has 0 heterocycles. The van der Waals surface area contributed by atoms with Gasteiger partial charge >= 0.3 is 11.8 Å². The van der Waals surface area contributed by atoms with Crippen LogP contribution in [0, 0.1) is 11.6 Å². The highest BCUT2D eigenvalue weighted by Crippen LogP contribution is 2.31. The monoisotopic (exact) mass is 332 g/mol. The summed E-state index contributed by atoms with van der Waals surface area (Å²) in [5, 5.41) is 14.4. The standard InChI is InChI=1S/C17H14F2N2O3/c18-11-6-3-7-12(19)15(11)21-17(24)16(23)20-14-10-5-2-1-4-9(10)8-13(14)22/h1-7,13-14,22H,8H2,(H,20,23)(H,21,24). The average molecular weight is 332 g/mol. The maximum atomic E-state index is 13.5. The molecule has 3 N–H and O–H groups in total. The number of rotatable bonds is 2. The second-order valence-corrected chi connectivity index (χ2v) is 5.47. The number of fused-ring (bicyclic) bond motifs is 1. The molecule has 24 heavy (non-hydrogen) atoms. The van der Waals surface area contributed by atoms with Gasteiger partial charge in [-0.1, -0.05) is 30.3 Å². The van der Waals surface area contributed by atoms with Crippen molar-refractivity contribution in [3.8, 4) is 0 Å². The van der Waals surface area contributed by atoms with Crippen molar-refractivity contribution >= 4 is 17.5 Å². The Labute approximate surface area is 136 Å². The fourth-order valence-corrected chi connectivity index (χ4v) is 2.74. The molecule has 2 unspecified atom stereocenters. The second kappa shape index (κ2) is 6.37. The molecule has 124 valence electrons. The summed E-state index contributed by atoms with van der Waals surface area (Å²) < 4.78 is 27.0. The van der Waals surface area contributed by atoms with Crippen molar-refractivity contribution in [2.24, 2.45) is 0 Å². The van der Waals surface area contributed by atoms with Crippen molar-refractivity contribution in [2.45, 2.75) is 18.6 Å². The minimum Gasteiger partial charge on any atom is -0.390 e. The lowest BCUT2D eigenvalue weighted by Crippen LogP contribution is -2.40. The van der Waals surface area contributed by atoms with Gasteiger partial charge in [0.05, 0.1) is 12.1 Å². The first-order valence-electron chi connectivity index (χ1n) is 7.29. The van der Waals surface area contributed by atoms with Crippen LogP contribution >= 0.6 is 0 Å². The van der Waals surface area contributed by atoms with Crippen LogP contribution in [0.5, 0.6) is 0 Å². The zero-order valence-corrected chi connectivity index (χ0v) is 12.4. The molecule has 0 radical (unpaired) electrons. The molecule has 0 fully saturated rings. The molecule has 2 atom stereocenters. The summed E-state index contributed by atoms with van der Waals surface area (Å²) in [6, 6.07) is 9.45. The summed E-state index contributed by atoms with van der Waals surface area (Å²) in [6.45, 7) is 0. The summed E-state index contributed by atoms with van der Waals surface area (Å²) in [5.74, 6) is -4.27. The number of hydrogen-bond donors (Lipinski definition) is 3. The lowest BCUT2D eigenvalue weighted by atomic mass is 10.1. The van der Waals surface area contributed by atoms with Crippen molar-refractivity contribution in [1.82, 2.24) is 5.32 Å². The smallest absolute Gasteiger partial charge is 0.313 e. The molecule has 0 saturated heterocycles. The van der Waals surface area contributed by atoms with Crippen LogP contribution in [0.1, 0.15) is 17.2 Å². The molecule has 0 bridgehead atoms. The van der Waals surface area contributed by atoms with Crippen LogP contribution in [-0.4, -0.2) is 23.0 Å². The van der Waals surface area contributed by atoms with Gasteiger partial charge in [0, 0.05) is 6.42 Å². The fourth-order valence-electron chi connectivity index (χ4n) is 2.74. The average Bonchev–Trinajstić information content (AvgIpc) is 2.87. The van der Waals surface area contributed by atoms with Gasteiger partial charge in [-0.15, -0.1) is 0 Å². The predicted octanol–water partition coefficient (Wildman–Crippen LogP) is 1.68. The second-order valence-electron chi connectivity index (χ2n) is 5.47. The van der Waals surface area contributed by atoms with Gasteiger partial charge in [0.15, 0.2) is 0 Å². The Morgan fingerprint density at radius 2 is 1.67 bits per heavy atom. The van der Waals surface area contributed by atoms with Gasteiger partial charge in [-0.05, 0) is 23.3 Å². The molecule has 0 spiro atoms. The molecule has 3 rings (SSSR count). The Morgan fingerprint density at radius 3 is 2.38 bits per heavy atom. The quantitative estimate of drug-likeness (QED) is 0.732. The number of amides is 2. The summed E-state index contributed by atoms with van der Waals surface area (Å²) in [7, 11) is 0. The number of para-hydroxylation sites is 1. The van der Waals surface area contributed by atoms with Gasteiger partial charge in [0.1, 0.15) is 17.3 Å². The number of hydrogen-bond acceptors (Lipinski definition) is 3. The van der Waals surface area contributed by atoms with E-state index in [1.807, 2.05) is 17.4 Å². The molecule has 0 aromatic heterocycles. The number of nitrogens with one attached hydrogen (secondary N) is 2. The number of aliphatic hydroxyl groups is 1. The summed E-state index contributed by atoms with van der Waals surface area (Å²) >= 11 is 0. The minimum absolute atomic E-state index is 0.352. The number of halogens is 2. The zero-order valence-electron chi connectivity index (χ0n) is 12.4. The van der Waals surface area contributed by atoms with Crippen molar-refractivity contribution in [3.05, 3.63) is 65.2 Å². The molecular formula is C17H14F2N2O3. The van der Waals surface area contributed by atoms with E-state index in [1.165, 1.54) is 0 Å². The van der Waals surface area contributed by atoms with Crippen LogP contribution in [-0.2, 0) is 16.0 Å². The van der Waals surface area contributed by atoms with E-state index in [0.29, 0.717) is 12.0 Å². The highest BCUT2D eigenvalue weighted by atomic mass is 19.1. The van der Waals surface area contributed by atoms with Crippen LogP contribution in [0.25, 0.3) is 0 Å². The Balaban J connectivity index is 1.72. The van der Waals surface area contributed by atoms with Crippen LogP contribution in [0.4, 0.5) is 14.5 Å². The topological polar surface area (TPSA) is 78.4 Å². The van der Waals surface area contributed by atoms with Crippen LogP contribution in [0.3, 0.4) is 0 Å².